The van der Waals surface area contributed by atoms with Crippen LogP contribution < -0.4 is 0 Å². The largest absolute Gasteiger partial charge is 0.480 e. The first kappa shape index (κ1) is 19.4. The summed E-state index contributed by atoms with van der Waals surface area (Å²) < 4.78 is 5.22. The fourth-order valence-corrected chi connectivity index (χ4v) is 2.72. The molecule has 0 atom stereocenters. The minimum Gasteiger partial charge on any atom is -0.480 e. The van der Waals surface area contributed by atoms with Crippen LogP contribution in [0.15, 0.2) is 54.6 Å². The number of esters is 1. The first-order valence-corrected chi connectivity index (χ1v) is 8.54. The van der Waals surface area contributed by atoms with Gasteiger partial charge in [-0.05, 0) is 18.4 Å². The smallest absolute Gasteiger partial charge is 0.323 e. The fourth-order valence-electron chi connectivity index (χ4n) is 2.72. The summed E-state index contributed by atoms with van der Waals surface area (Å²) in [5.41, 5.74) is 0.315. The Morgan fingerprint density at radius 2 is 1.42 bits per heavy atom. The van der Waals surface area contributed by atoms with Gasteiger partial charge in [-0.15, -0.1) is 0 Å². The maximum Gasteiger partial charge on any atom is 0.323 e. The molecule has 5 heteroatoms. The quantitative estimate of drug-likeness (QED) is 0.442. The molecule has 0 heterocycles. The summed E-state index contributed by atoms with van der Waals surface area (Å²) in [6.45, 7) is 3.28. The molecule has 136 valence electrons. The number of aliphatic carboxylic acids is 1. The second-order valence-corrected chi connectivity index (χ2v) is 6.06. The summed E-state index contributed by atoms with van der Waals surface area (Å²) in [6, 6.07) is 15.7. The van der Waals surface area contributed by atoms with Crippen LogP contribution >= 0.6 is 0 Å². The van der Waals surface area contributed by atoms with E-state index in [9.17, 15) is 19.5 Å². The molecule has 0 amide bonds. The van der Waals surface area contributed by atoms with Crippen molar-refractivity contribution in [1.82, 2.24) is 0 Å². The third-order valence-corrected chi connectivity index (χ3v) is 4.63. The zero-order chi connectivity index (χ0) is 19.2. The van der Waals surface area contributed by atoms with Crippen molar-refractivity contribution in [3.05, 3.63) is 71.3 Å². The molecule has 26 heavy (non-hydrogen) atoms. The molecule has 0 aliphatic rings. The third kappa shape index (κ3) is 3.99. The van der Waals surface area contributed by atoms with Gasteiger partial charge in [-0.2, -0.15) is 0 Å². The second-order valence-electron chi connectivity index (χ2n) is 6.06. The summed E-state index contributed by atoms with van der Waals surface area (Å²) in [6.07, 6.45) is 0.338. The Balaban J connectivity index is 2.05. The summed E-state index contributed by atoms with van der Waals surface area (Å²) in [5.74, 6) is -1.99. The van der Waals surface area contributed by atoms with Gasteiger partial charge in [0.05, 0.1) is 0 Å². The first-order chi connectivity index (χ1) is 12.4. The molecular formula is C21H22O5. The number of carboxylic acid groups (broad SMARTS) is 1. The van der Waals surface area contributed by atoms with Crippen LogP contribution in [0.2, 0.25) is 0 Å². The van der Waals surface area contributed by atoms with Crippen LogP contribution in [0.4, 0.5) is 0 Å². The van der Waals surface area contributed by atoms with Crippen molar-refractivity contribution in [3.63, 3.8) is 0 Å². The van der Waals surface area contributed by atoms with E-state index in [4.69, 9.17) is 4.74 Å². The highest BCUT2D eigenvalue weighted by Crippen LogP contribution is 2.29. The highest BCUT2D eigenvalue weighted by atomic mass is 16.5. The van der Waals surface area contributed by atoms with Gasteiger partial charge in [0.1, 0.15) is 6.61 Å². The molecule has 0 spiro atoms. The Bertz CT molecular complexity index is 774. The number of hydrogen-bond donors (Lipinski definition) is 1. The Labute approximate surface area is 152 Å². The molecule has 0 saturated carbocycles. The molecule has 0 unspecified atom stereocenters. The Morgan fingerprint density at radius 1 is 0.885 bits per heavy atom. The van der Waals surface area contributed by atoms with Gasteiger partial charge in [0.15, 0.2) is 11.2 Å². The van der Waals surface area contributed by atoms with Gasteiger partial charge in [-0.1, -0.05) is 68.4 Å². The standard InChI is InChI=1S/C21H22O5/c1-3-21(4-2,19(23)24)20(25)26-14-15-10-12-17(13-11-15)18(22)16-8-6-5-7-9-16/h5-13H,3-4,14H2,1-2H3,(H,23,24). The van der Waals surface area contributed by atoms with E-state index >= 15 is 0 Å². The number of carbonyl (C=O) groups excluding carboxylic acids is 2. The maximum atomic E-state index is 12.4. The lowest BCUT2D eigenvalue weighted by molar-refractivity contribution is -0.170. The van der Waals surface area contributed by atoms with E-state index in [0.29, 0.717) is 16.7 Å². The Hall–Kier alpha value is -2.95. The van der Waals surface area contributed by atoms with Crippen molar-refractivity contribution in [2.45, 2.75) is 33.3 Å². The molecule has 0 aromatic heterocycles. The van der Waals surface area contributed by atoms with Crippen LogP contribution in [0.3, 0.4) is 0 Å². The lowest BCUT2D eigenvalue weighted by Crippen LogP contribution is -2.39. The lowest BCUT2D eigenvalue weighted by atomic mass is 9.82. The summed E-state index contributed by atoms with van der Waals surface area (Å²) in [4.78, 5) is 36.1. The molecule has 2 aromatic rings. The van der Waals surface area contributed by atoms with Gasteiger partial charge in [0.25, 0.3) is 0 Å². The predicted octanol–water partition coefficient (Wildman–Crippen LogP) is 3.85. The normalized spacial score (nSPS) is 11.0. The van der Waals surface area contributed by atoms with Crippen LogP contribution in [-0.4, -0.2) is 22.8 Å². The zero-order valence-corrected chi connectivity index (χ0v) is 14.9. The molecule has 2 rings (SSSR count). The summed E-state index contributed by atoms with van der Waals surface area (Å²) >= 11 is 0. The van der Waals surface area contributed by atoms with E-state index in [2.05, 4.69) is 0 Å². The van der Waals surface area contributed by atoms with E-state index in [0.717, 1.165) is 0 Å². The van der Waals surface area contributed by atoms with Gasteiger partial charge in [0.2, 0.25) is 0 Å². The van der Waals surface area contributed by atoms with Gasteiger partial charge < -0.3 is 9.84 Å². The van der Waals surface area contributed by atoms with Crippen molar-refractivity contribution in [2.75, 3.05) is 0 Å². The maximum absolute atomic E-state index is 12.4. The van der Waals surface area contributed by atoms with Gasteiger partial charge in [-0.3, -0.25) is 14.4 Å². The molecule has 2 aromatic carbocycles. The van der Waals surface area contributed by atoms with E-state index in [1.807, 2.05) is 6.07 Å². The highest BCUT2D eigenvalue weighted by Gasteiger charge is 2.44. The van der Waals surface area contributed by atoms with Crippen molar-refractivity contribution in [2.24, 2.45) is 5.41 Å². The zero-order valence-electron chi connectivity index (χ0n) is 14.9. The van der Waals surface area contributed by atoms with Crippen LogP contribution in [0, 0.1) is 5.41 Å². The number of hydrogen-bond acceptors (Lipinski definition) is 4. The van der Waals surface area contributed by atoms with Crippen molar-refractivity contribution in [1.29, 1.82) is 0 Å². The van der Waals surface area contributed by atoms with Crippen LogP contribution in [0.1, 0.15) is 48.2 Å². The minimum atomic E-state index is -1.51. The number of ether oxygens (including phenoxy) is 1. The Kier molecular flexibility index (Phi) is 6.28. The number of ketones is 1. The summed E-state index contributed by atoms with van der Waals surface area (Å²) in [5, 5.41) is 9.36. The molecule has 0 radical (unpaired) electrons. The molecule has 1 N–H and O–H groups in total. The topological polar surface area (TPSA) is 80.7 Å². The number of carboxylic acids is 1. The number of carbonyl (C=O) groups is 3. The molecule has 5 nitrogen and oxygen atoms in total. The van der Waals surface area contributed by atoms with Crippen LogP contribution in [-0.2, 0) is 20.9 Å². The third-order valence-electron chi connectivity index (χ3n) is 4.63. The SMILES string of the molecule is CCC(CC)(C(=O)O)C(=O)OCc1ccc(C(=O)c2ccccc2)cc1. The Morgan fingerprint density at radius 3 is 1.92 bits per heavy atom. The molecule has 0 aliphatic heterocycles. The van der Waals surface area contributed by atoms with E-state index in [1.165, 1.54) is 0 Å². The van der Waals surface area contributed by atoms with Gasteiger partial charge in [-0.25, -0.2) is 0 Å². The molecule has 0 aliphatic carbocycles. The summed E-state index contributed by atoms with van der Waals surface area (Å²) in [7, 11) is 0. The molecule has 0 bridgehead atoms. The van der Waals surface area contributed by atoms with E-state index in [1.54, 1.807) is 62.4 Å². The van der Waals surface area contributed by atoms with Gasteiger partial charge >= 0.3 is 11.9 Å². The number of benzene rings is 2. The average Bonchev–Trinajstić information content (AvgIpc) is 2.68. The van der Waals surface area contributed by atoms with E-state index < -0.39 is 17.4 Å². The van der Waals surface area contributed by atoms with Gasteiger partial charge in [0, 0.05) is 11.1 Å². The fraction of sp³-hybridized carbons (Fsp3) is 0.286. The molecular weight excluding hydrogens is 332 g/mol. The van der Waals surface area contributed by atoms with Crippen molar-refractivity contribution in [3.8, 4) is 0 Å². The highest BCUT2D eigenvalue weighted by molar-refractivity contribution is 6.08. The first-order valence-electron chi connectivity index (χ1n) is 8.54. The molecule has 0 saturated heterocycles. The van der Waals surface area contributed by atoms with Crippen LogP contribution in [0.5, 0.6) is 0 Å². The van der Waals surface area contributed by atoms with Crippen LogP contribution in [0.25, 0.3) is 0 Å². The molecule has 0 fully saturated rings. The predicted molar refractivity (Wildman–Crippen MR) is 96.8 cm³/mol. The van der Waals surface area contributed by atoms with E-state index in [-0.39, 0.29) is 25.2 Å². The second kappa shape index (κ2) is 8.43. The monoisotopic (exact) mass is 354 g/mol. The average molecular weight is 354 g/mol. The minimum absolute atomic E-state index is 0.0341. The lowest BCUT2D eigenvalue weighted by Gasteiger charge is -2.24. The van der Waals surface area contributed by atoms with Crippen molar-refractivity contribution < 1.29 is 24.2 Å². The number of rotatable bonds is 8. The van der Waals surface area contributed by atoms with Crippen molar-refractivity contribution >= 4 is 17.7 Å².